The molecule has 1 aliphatic heterocycles. The van der Waals surface area contributed by atoms with Gasteiger partial charge in [-0.2, -0.15) is 0 Å². The van der Waals surface area contributed by atoms with Gasteiger partial charge in [-0.3, -0.25) is 4.79 Å². The Hall–Kier alpha value is -2.44. The number of hydrogen-bond acceptors (Lipinski definition) is 5. The summed E-state index contributed by atoms with van der Waals surface area (Å²) in [6, 6.07) is 0. The van der Waals surface area contributed by atoms with Crippen molar-refractivity contribution in [2.45, 2.75) is 12.8 Å². The minimum Gasteiger partial charge on any atom is -0.478 e. The average Bonchev–Trinajstić information content (AvgIpc) is 2.53. The molecule has 0 aliphatic carbocycles. The first-order valence-electron chi connectivity index (χ1n) is 6.79. The van der Waals surface area contributed by atoms with Crippen LogP contribution in [0.3, 0.4) is 0 Å². The summed E-state index contributed by atoms with van der Waals surface area (Å²) in [6.07, 6.45) is 7.24. The van der Waals surface area contributed by atoms with E-state index < -0.39 is 5.97 Å². The van der Waals surface area contributed by atoms with E-state index in [-0.39, 0.29) is 11.8 Å². The molecule has 0 aromatic carbocycles. The topological polar surface area (TPSA) is 95.4 Å². The quantitative estimate of drug-likeness (QED) is 0.786. The van der Waals surface area contributed by atoms with Gasteiger partial charge in [-0.05, 0) is 18.9 Å². The number of piperidine rings is 1. The molecule has 0 bridgehead atoms. The number of carbonyl (C=O) groups is 2. The minimum atomic E-state index is -1.00. The van der Waals surface area contributed by atoms with Crippen LogP contribution in [-0.2, 0) is 9.59 Å². The Morgan fingerprint density at radius 3 is 2.48 bits per heavy atom. The van der Waals surface area contributed by atoms with Crippen molar-refractivity contribution in [2.24, 2.45) is 5.92 Å². The van der Waals surface area contributed by atoms with Crippen molar-refractivity contribution in [2.75, 3.05) is 25.0 Å². The van der Waals surface area contributed by atoms with E-state index >= 15 is 0 Å². The van der Waals surface area contributed by atoms with Crippen LogP contribution in [0.4, 0.5) is 5.95 Å². The van der Waals surface area contributed by atoms with E-state index in [1.54, 1.807) is 19.4 Å². The number of aliphatic carboxylic acids is 1. The predicted molar refractivity (Wildman–Crippen MR) is 77.7 cm³/mol. The van der Waals surface area contributed by atoms with E-state index in [0.717, 1.165) is 32.0 Å². The Labute approximate surface area is 122 Å². The lowest BCUT2D eigenvalue weighted by Gasteiger charge is -2.30. The van der Waals surface area contributed by atoms with Crippen molar-refractivity contribution in [3.8, 4) is 0 Å². The highest BCUT2D eigenvalue weighted by molar-refractivity contribution is 5.85. The van der Waals surface area contributed by atoms with Gasteiger partial charge in [0, 0.05) is 50.1 Å². The van der Waals surface area contributed by atoms with Gasteiger partial charge in [-0.15, -0.1) is 0 Å². The zero-order chi connectivity index (χ0) is 15.2. The molecule has 0 atom stereocenters. The maximum Gasteiger partial charge on any atom is 0.328 e. The van der Waals surface area contributed by atoms with Gasteiger partial charge in [0.05, 0.1) is 0 Å². The molecular formula is C14H18N4O3. The third-order valence-corrected chi connectivity index (χ3v) is 3.47. The van der Waals surface area contributed by atoms with Gasteiger partial charge in [0.15, 0.2) is 0 Å². The molecule has 2 heterocycles. The third-order valence-electron chi connectivity index (χ3n) is 3.47. The molecule has 0 spiro atoms. The fraction of sp³-hybridized carbons (Fsp3) is 0.429. The number of anilines is 1. The molecule has 7 heteroatoms. The van der Waals surface area contributed by atoms with Crippen molar-refractivity contribution in [3.63, 3.8) is 0 Å². The van der Waals surface area contributed by atoms with Gasteiger partial charge in [-0.1, -0.05) is 0 Å². The van der Waals surface area contributed by atoms with E-state index in [2.05, 4.69) is 15.3 Å². The van der Waals surface area contributed by atoms with Crippen LogP contribution < -0.4 is 10.2 Å². The zero-order valence-electron chi connectivity index (χ0n) is 11.8. The number of nitrogens with one attached hydrogen (secondary N) is 1. The number of nitrogens with zero attached hydrogens (tertiary/aromatic N) is 3. The number of carbonyl (C=O) groups excluding carboxylic acids is 1. The van der Waals surface area contributed by atoms with Crippen LogP contribution in [0.15, 0.2) is 18.5 Å². The van der Waals surface area contributed by atoms with E-state index in [1.165, 1.54) is 6.08 Å². The average molecular weight is 290 g/mol. The van der Waals surface area contributed by atoms with Crippen LogP contribution in [0.5, 0.6) is 0 Å². The van der Waals surface area contributed by atoms with E-state index in [9.17, 15) is 9.59 Å². The number of hydrogen-bond donors (Lipinski definition) is 2. The van der Waals surface area contributed by atoms with Crippen LogP contribution in [0.25, 0.3) is 6.08 Å². The lowest BCUT2D eigenvalue weighted by atomic mass is 9.96. The van der Waals surface area contributed by atoms with Crippen LogP contribution in [0.2, 0.25) is 0 Å². The first-order valence-corrected chi connectivity index (χ1v) is 6.79. The minimum absolute atomic E-state index is 0.0593. The van der Waals surface area contributed by atoms with Crippen molar-refractivity contribution < 1.29 is 14.7 Å². The summed E-state index contributed by atoms with van der Waals surface area (Å²) in [6.45, 7) is 1.48. The van der Waals surface area contributed by atoms with E-state index in [1.807, 2.05) is 4.90 Å². The Morgan fingerprint density at radius 1 is 1.33 bits per heavy atom. The molecule has 0 saturated carbocycles. The maximum absolute atomic E-state index is 11.6. The molecule has 21 heavy (non-hydrogen) atoms. The second kappa shape index (κ2) is 6.83. The summed E-state index contributed by atoms with van der Waals surface area (Å²) in [5, 5.41) is 11.2. The highest BCUT2D eigenvalue weighted by atomic mass is 16.4. The third kappa shape index (κ3) is 4.01. The Balaban J connectivity index is 1.95. The van der Waals surface area contributed by atoms with Gasteiger partial charge in [-0.25, -0.2) is 14.8 Å². The van der Waals surface area contributed by atoms with E-state index in [4.69, 9.17) is 5.11 Å². The van der Waals surface area contributed by atoms with Crippen molar-refractivity contribution in [3.05, 3.63) is 24.0 Å². The Kier molecular flexibility index (Phi) is 4.86. The lowest BCUT2D eigenvalue weighted by molar-refractivity contribution is -0.131. The van der Waals surface area contributed by atoms with Gasteiger partial charge in [0.1, 0.15) is 0 Å². The van der Waals surface area contributed by atoms with Gasteiger partial charge < -0.3 is 15.3 Å². The first kappa shape index (κ1) is 15.0. The zero-order valence-corrected chi connectivity index (χ0v) is 11.8. The summed E-state index contributed by atoms with van der Waals surface area (Å²) < 4.78 is 0. The molecule has 1 saturated heterocycles. The largest absolute Gasteiger partial charge is 0.478 e. The summed E-state index contributed by atoms with van der Waals surface area (Å²) in [4.78, 5) is 32.5. The molecule has 1 aromatic heterocycles. The number of carboxylic acid groups (broad SMARTS) is 1. The van der Waals surface area contributed by atoms with Gasteiger partial charge in [0.25, 0.3) is 0 Å². The van der Waals surface area contributed by atoms with Crippen molar-refractivity contribution >= 4 is 23.9 Å². The van der Waals surface area contributed by atoms with Crippen LogP contribution >= 0.6 is 0 Å². The molecule has 1 amide bonds. The molecule has 1 fully saturated rings. The smallest absolute Gasteiger partial charge is 0.328 e. The fourth-order valence-corrected chi connectivity index (χ4v) is 2.29. The molecule has 7 nitrogen and oxygen atoms in total. The predicted octanol–water partition coefficient (Wildman–Crippen LogP) is 0.537. The normalized spacial score (nSPS) is 16.1. The van der Waals surface area contributed by atoms with E-state index in [0.29, 0.717) is 11.5 Å². The highest BCUT2D eigenvalue weighted by Gasteiger charge is 2.25. The van der Waals surface area contributed by atoms with Gasteiger partial charge in [0.2, 0.25) is 11.9 Å². The lowest BCUT2D eigenvalue weighted by Crippen LogP contribution is -2.40. The van der Waals surface area contributed by atoms with Crippen LogP contribution in [0, 0.1) is 5.92 Å². The Bertz CT molecular complexity index is 534. The van der Waals surface area contributed by atoms with Crippen LogP contribution in [-0.4, -0.2) is 47.1 Å². The number of aromatic nitrogens is 2. The molecule has 0 radical (unpaired) electrons. The maximum atomic E-state index is 11.6. The molecule has 1 aromatic rings. The second-order valence-electron chi connectivity index (χ2n) is 4.86. The molecule has 1 aliphatic rings. The first-order chi connectivity index (χ1) is 10.1. The molecule has 2 N–H and O–H groups in total. The number of carboxylic acids is 1. The summed E-state index contributed by atoms with van der Waals surface area (Å²) >= 11 is 0. The molecule has 2 rings (SSSR count). The molecular weight excluding hydrogens is 272 g/mol. The molecule has 112 valence electrons. The number of rotatable bonds is 4. The Morgan fingerprint density at radius 2 is 1.95 bits per heavy atom. The summed E-state index contributed by atoms with van der Waals surface area (Å²) in [5.41, 5.74) is 0.640. The standard InChI is InChI=1S/C14H18N4O3/c1-15-13(21)11-4-6-18(7-5-11)14-16-8-10(9-17-14)2-3-12(19)20/h2-3,8-9,11H,4-7H2,1H3,(H,15,21)(H,19,20)/b3-2+. The van der Waals surface area contributed by atoms with Crippen molar-refractivity contribution in [1.29, 1.82) is 0 Å². The van der Waals surface area contributed by atoms with Gasteiger partial charge >= 0.3 is 5.97 Å². The summed E-state index contributed by atoms with van der Waals surface area (Å²) in [7, 11) is 1.65. The van der Waals surface area contributed by atoms with Crippen LogP contribution in [0.1, 0.15) is 18.4 Å². The fourth-order valence-electron chi connectivity index (χ4n) is 2.29. The number of amides is 1. The molecule has 0 unspecified atom stereocenters. The monoisotopic (exact) mass is 290 g/mol. The SMILES string of the molecule is CNC(=O)C1CCN(c2ncc(/C=C/C(=O)O)cn2)CC1. The van der Waals surface area contributed by atoms with Crippen molar-refractivity contribution in [1.82, 2.24) is 15.3 Å². The summed E-state index contributed by atoms with van der Waals surface area (Å²) in [5.74, 6) is -0.248. The second-order valence-corrected chi connectivity index (χ2v) is 4.86. The highest BCUT2D eigenvalue weighted by Crippen LogP contribution is 2.20.